The van der Waals surface area contributed by atoms with E-state index in [9.17, 15) is 9.90 Å². The molecule has 0 saturated heterocycles. The van der Waals surface area contributed by atoms with E-state index in [0.29, 0.717) is 28.2 Å². The van der Waals surface area contributed by atoms with E-state index >= 15 is 0 Å². The summed E-state index contributed by atoms with van der Waals surface area (Å²) in [6, 6.07) is 28.4. The highest BCUT2D eigenvalue weighted by Gasteiger charge is 2.29. The van der Waals surface area contributed by atoms with E-state index in [2.05, 4.69) is 10.2 Å². The second-order valence-electron chi connectivity index (χ2n) is 8.02. The third-order valence-corrected chi connectivity index (χ3v) is 5.90. The Labute approximate surface area is 191 Å². The smallest absolute Gasteiger partial charge is 0.275 e. The van der Waals surface area contributed by atoms with Gasteiger partial charge in [-0.05, 0) is 55.1 Å². The highest BCUT2D eigenvalue weighted by molar-refractivity contribution is 5.52. The van der Waals surface area contributed by atoms with Crippen LogP contribution < -0.4 is 10.7 Å². The van der Waals surface area contributed by atoms with Gasteiger partial charge in [-0.15, -0.1) is 0 Å². The highest BCUT2D eigenvalue weighted by atomic mass is 16.3. The molecular weight excluding hydrogens is 412 g/mol. The SMILES string of the molecule is Cc1nn(-c2ccccc2)c([O-])c1C(c1ccccc1)c1c(C)[nH]n(-c2ccccc2)c1=O. The maximum atomic E-state index is 13.7. The first kappa shape index (κ1) is 20.6. The van der Waals surface area contributed by atoms with Crippen LogP contribution in [-0.4, -0.2) is 19.6 Å². The van der Waals surface area contributed by atoms with Crippen LogP contribution in [0.3, 0.4) is 0 Å². The number of nitrogens with one attached hydrogen (secondary N) is 1. The molecule has 1 unspecified atom stereocenters. The van der Waals surface area contributed by atoms with Crippen molar-refractivity contribution in [1.29, 1.82) is 0 Å². The molecule has 5 aromatic rings. The Bertz CT molecular complexity index is 1450. The van der Waals surface area contributed by atoms with Gasteiger partial charge in [-0.3, -0.25) is 9.89 Å². The number of H-pyrrole nitrogens is 1. The van der Waals surface area contributed by atoms with Gasteiger partial charge in [0.25, 0.3) is 5.56 Å². The Hall–Kier alpha value is -4.32. The molecule has 6 heteroatoms. The quantitative estimate of drug-likeness (QED) is 0.449. The van der Waals surface area contributed by atoms with Crippen LogP contribution in [0.2, 0.25) is 0 Å². The molecule has 164 valence electrons. The second-order valence-corrected chi connectivity index (χ2v) is 8.02. The lowest BCUT2D eigenvalue weighted by molar-refractivity contribution is -0.278. The van der Waals surface area contributed by atoms with Gasteiger partial charge in [0.1, 0.15) is 0 Å². The zero-order valence-electron chi connectivity index (χ0n) is 18.4. The lowest BCUT2D eigenvalue weighted by atomic mass is 9.85. The van der Waals surface area contributed by atoms with Gasteiger partial charge in [-0.1, -0.05) is 66.7 Å². The Balaban J connectivity index is 1.75. The number of rotatable bonds is 5. The van der Waals surface area contributed by atoms with E-state index < -0.39 is 5.92 Å². The van der Waals surface area contributed by atoms with Crippen molar-refractivity contribution in [2.24, 2.45) is 0 Å². The standard InChI is InChI=1S/C27H24N4O2/c1-18-23(26(32)30(28-18)21-14-8-4-9-15-21)25(20-12-6-3-7-13-20)24-19(2)29-31(27(24)33)22-16-10-5-11-17-22/h3-17,25,28,33H,1-2H3/p-1. The van der Waals surface area contributed by atoms with Crippen LogP contribution in [0.1, 0.15) is 34.0 Å². The van der Waals surface area contributed by atoms with Crippen molar-refractivity contribution >= 4 is 0 Å². The largest absolute Gasteiger partial charge is 0.858 e. The topological polar surface area (TPSA) is 78.7 Å². The Morgan fingerprint density at radius 1 is 0.788 bits per heavy atom. The summed E-state index contributed by atoms with van der Waals surface area (Å²) in [5.74, 6) is -0.774. The van der Waals surface area contributed by atoms with Gasteiger partial charge in [-0.2, -0.15) is 5.10 Å². The molecule has 1 N–H and O–H groups in total. The molecule has 0 aliphatic heterocycles. The molecule has 0 aliphatic rings. The monoisotopic (exact) mass is 435 g/mol. The van der Waals surface area contributed by atoms with E-state index in [4.69, 9.17) is 0 Å². The zero-order chi connectivity index (χ0) is 22.9. The number of benzene rings is 3. The predicted octanol–water partition coefficient (Wildman–Crippen LogP) is 4.22. The molecule has 6 nitrogen and oxygen atoms in total. The third kappa shape index (κ3) is 3.55. The number of aromatic nitrogens is 4. The number of para-hydroxylation sites is 2. The molecule has 5 rings (SSSR count). The lowest BCUT2D eigenvalue weighted by Gasteiger charge is -2.21. The summed E-state index contributed by atoms with van der Waals surface area (Å²) in [4.78, 5) is 13.7. The average molecular weight is 436 g/mol. The molecule has 0 saturated carbocycles. The van der Waals surface area contributed by atoms with E-state index in [0.717, 1.165) is 11.3 Å². The van der Waals surface area contributed by atoms with Gasteiger partial charge in [-0.25, -0.2) is 9.36 Å². The molecule has 0 radical (unpaired) electrons. The fourth-order valence-corrected chi connectivity index (χ4v) is 4.38. The van der Waals surface area contributed by atoms with Crippen LogP contribution in [0.25, 0.3) is 11.4 Å². The van der Waals surface area contributed by atoms with Gasteiger partial charge in [0.05, 0.1) is 22.6 Å². The van der Waals surface area contributed by atoms with Crippen molar-refractivity contribution < 1.29 is 5.11 Å². The average Bonchev–Trinajstić information content (AvgIpc) is 3.31. The first-order valence-corrected chi connectivity index (χ1v) is 10.8. The summed E-state index contributed by atoms with van der Waals surface area (Å²) in [6.07, 6.45) is 0. The molecule has 0 bridgehead atoms. The number of hydrogen-bond donors (Lipinski definition) is 1. The maximum absolute atomic E-state index is 13.7. The molecule has 2 heterocycles. The minimum atomic E-state index is -0.551. The van der Waals surface area contributed by atoms with Crippen LogP contribution in [0.5, 0.6) is 5.88 Å². The van der Waals surface area contributed by atoms with Crippen LogP contribution in [0, 0.1) is 13.8 Å². The van der Waals surface area contributed by atoms with Gasteiger partial charge < -0.3 is 5.11 Å². The molecule has 0 aliphatic carbocycles. The summed E-state index contributed by atoms with van der Waals surface area (Å²) in [5, 5.41) is 21.4. The van der Waals surface area contributed by atoms with Crippen molar-refractivity contribution in [3.05, 3.63) is 129 Å². The minimum absolute atomic E-state index is 0.182. The van der Waals surface area contributed by atoms with Gasteiger partial charge >= 0.3 is 0 Å². The fraction of sp³-hybridized carbons (Fsp3) is 0.111. The van der Waals surface area contributed by atoms with Crippen molar-refractivity contribution in [3.8, 4) is 17.3 Å². The minimum Gasteiger partial charge on any atom is -0.858 e. The molecule has 3 aromatic carbocycles. The fourth-order valence-electron chi connectivity index (χ4n) is 4.38. The van der Waals surface area contributed by atoms with Crippen molar-refractivity contribution in [3.63, 3.8) is 0 Å². The van der Waals surface area contributed by atoms with Crippen LogP contribution in [0.15, 0.2) is 95.8 Å². The maximum Gasteiger partial charge on any atom is 0.275 e. The first-order chi connectivity index (χ1) is 16.1. The number of nitrogens with zero attached hydrogens (tertiary/aromatic N) is 3. The van der Waals surface area contributed by atoms with E-state index in [-0.39, 0.29) is 11.4 Å². The van der Waals surface area contributed by atoms with Gasteiger partial charge in [0.2, 0.25) is 0 Å². The lowest BCUT2D eigenvalue weighted by Crippen LogP contribution is -2.21. The molecular formula is C27H23N4O2-. The van der Waals surface area contributed by atoms with Crippen molar-refractivity contribution in [2.45, 2.75) is 19.8 Å². The summed E-state index contributed by atoms with van der Waals surface area (Å²) >= 11 is 0. The van der Waals surface area contributed by atoms with Crippen molar-refractivity contribution in [1.82, 2.24) is 19.6 Å². The summed E-state index contributed by atoms with van der Waals surface area (Å²) in [6.45, 7) is 3.69. The van der Waals surface area contributed by atoms with Crippen LogP contribution >= 0.6 is 0 Å². The Kier molecular flexibility index (Phi) is 5.18. The van der Waals surface area contributed by atoms with Gasteiger partial charge in [0, 0.05) is 11.6 Å². The molecule has 0 amide bonds. The zero-order valence-corrected chi connectivity index (χ0v) is 18.4. The number of aromatic amines is 1. The van der Waals surface area contributed by atoms with Gasteiger partial charge in [0.15, 0.2) is 0 Å². The molecule has 1 atom stereocenters. The third-order valence-electron chi connectivity index (χ3n) is 5.90. The normalized spacial score (nSPS) is 12.1. The van der Waals surface area contributed by atoms with Crippen LogP contribution in [0.4, 0.5) is 0 Å². The summed E-state index contributed by atoms with van der Waals surface area (Å²) in [5.41, 5.74) is 4.47. The van der Waals surface area contributed by atoms with E-state index in [1.165, 1.54) is 9.36 Å². The first-order valence-electron chi connectivity index (χ1n) is 10.8. The highest BCUT2D eigenvalue weighted by Crippen LogP contribution is 2.38. The Morgan fingerprint density at radius 3 is 1.94 bits per heavy atom. The molecule has 2 aromatic heterocycles. The second kappa shape index (κ2) is 8.31. The van der Waals surface area contributed by atoms with E-state index in [1.807, 2.05) is 105 Å². The summed E-state index contributed by atoms with van der Waals surface area (Å²) in [7, 11) is 0. The number of hydrogen-bond acceptors (Lipinski definition) is 3. The molecule has 33 heavy (non-hydrogen) atoms. The van der Waals surface area contributed by atoms with E-state index in [1.54, 1.807) is 0 Å². The predicted molar refractivity (Wildman–Crippen MR) is 126 cm³/mol. The molecule has 0 fully saturated rings. The Morgan fingerprint density at radius 2 is 1.33 bits per heavy atom. The summed E-state index contributed by atoms with van der Waals surface area (Å²) < 4.78 is 2.94. The van der Waals surface area contributed by atoms with Crippen molar-refractivity contribution in [2.75, 3.05) is 0 Å². The molecule has 0 spiro atoms. The number of aryl methyl sites for hydroxylation is 2. The van der Waals surface area contributed by atoms with Crippen LogP contribution in [-0.2, 0) is 0 Å².